The Morgan fingerprint density at radius 3 is 2.61 bits per heavy atom. The number of hydrogen-bond donors (Lipinski definition) is 1. The summed E-state index contributed by atoms with van der Waals surface area (Å²) in [6.45, 7) is 3.88. The van der Waals surface area contributed by atoms with Crippen molar-refractivity contribution in [3.05, 3.63) is 99.9 Å². The molecule has 0 fully saturated rings. The molecule has 3 aromatic rings. The van der Waals surface area contributed by atoms with Gasteiger partial charge in [-0.15, -0.1) is 0 Å². The van der Waals surface area contributed by atoms with Crippen molar-refractivity contribution in [2.75, 3.05) is 12.4 Å². The number of nitriles is 1. The van der Waals surface area contributed by atoms with Crippen molar-refractivity contribution in [2.45, 2.75) is 20.3 Å². The maximum atomic E-state index is 13.5. The van der Waals surface area contributed by atoms with Crippen LogP contribution in [0.2, 0.25) is 0 Å². The Labute approximate surface area is 181 Å². The number of rotatable bonds is 6. The molecule has 0 aliphatic rings. The van der Waals surface area contributed by atoms with Crippen molar-refractivity contribution in [3.63, 3.8) is 0 Å². The molecule has 3 aromatic carbocycles. The van der Waals surface area contributed by atoms with Crippen molar-refractivity contribution in [1.82, 2.24) is 0 Å². The number of carbonyl (C=O) groups excluding carboxylic acids is 1. The van der Waals surface area contributed by atoms with Gasteiger partial charge in [0, 0.05) is 12.1 Å². The SMILES string of the molecule is COc1cc(/C=C(\C#N)C(=O)Nc2ccc(C)cc2C)ccc1Cc1cccc(F)c1. The molecule has 0 spiro atoms. The second-order valence-corrected chi connectivity index (χ2v) is 7.32. The van der Waals surface area contributed by atoms with E-state index in [-0.39, 0.29) is 11.4 Å². The lowest BCUT2D eigenvalue weighted by Crippen LogP contribution is -2.14. The van der Waals surface area contributed by atoms with E-state index in [2.05, 4.69) is 5.32 Å². The number of anilines is 1. The van der Waals surface area contributed by atoms with Crippen LogP contribution in [0.15, 0.2) is 66.2 Å². The Morgan fingerprint density at radius 2 is 1.94 bits per heavy atom. The van der Waals surface area contributed by atoms with Gasteiger partial charge in [-0.3, -0.25) is 4.79 Å². The molecule has 0 bridgehead atoms. The van der Waals surface area contributed by atoms with Gasteiger partial charge < -0.3 is 10.1 Å². The number of methoxy groups -OCH3 is 1. The molecule has 0 saturated carbocycles. The average molecular weight is 414 g/mol. The largest absolute Gasteiger partial charge is 0.496 e. The topological polar surface area (TPSA) is 62.1 Å². The highest BCUT2D eigenvalue weighted by atomic mass is 19.1. The highest BCUT2D eigenvalue weighted by Crippen LogP contribution is 2.25. The van der Waals surface area contributed by atoms with E-state index in [1.165, 1.54) is 18.2 Å². The van der Waals surface area contributed by atoms with Crippen LogP contribution >= 0.6 is 0 Å². The van der Waals surface area contributed by atoms with Gasteiger partial charge >= 0.3 is 0 Å². The summed E-state index contributed by atoms with van der Waals surface area (Å²) in [7, 11) is 1.55. The predicted octanol–water partition coefficient (Wildman–Crippen LogP) is 5.59. The predicted molar refractivity (Wildman–Crippen MR) is 120 cm³/mol. The zero-order chi connectivity index (χ0) is 22.4. The maximum Gasteiger partial charge on any atom is 0.266 e. The molecule has 0 aliphatic carbocycles. The summed E-state index contributed by atoms with van der Waals surface area (Å²) >= 11 is 0. The molecule has 0 aromatic heterocycles. The molecule has 31 heavy (non-hydrogen) atoms. The fourth-order valence-electron chi connectivity index (χ4n) is 3.32. The van der Waals surface area contributed by atoms with Crippen LogP contribution in [0.3, 0.4) is 0 Å². The smallest absolute Gasteiger partial charge is 0.266 e. The molecule has 0 saturated heterocycles. The quantitative estimate of drug-likeness (QED) is 0.423. The summed E-state index contributed by atoms with van der Waals surface area (Å²) in [4.78, 5) is 12.6. The van der Waals surface area contributed by atoms with Gasteiger partial charge in [-0.2, -0.15) is 5.26 Å². The molecule has 1 N–H and O–H groups in total. The third kappa shape index (κ3) is 5.58. The molecule has 5 heteroatoms. The van der Waals surface area contributed by atoms with E-state index in [0.717, 1.165) is 22.3 Å². The fraction of sp³-hybridized carbons (Fsp3) is 0.154. The van der Waals surface area contributed by atoms with E-state index >= 15 is 0 Å². The van der Waals surface area contributed by atoms with Gasteiger partial charge in [-0.25, -0.2) is 4.39 Å². The van der Waals surface area contributed by atoms with Gasteiger partial charge in [-0.1, -0.05) is 42.0 Å². The number of nitrogens with one attached hydrogen (secondary N) is 1. The minimum absolute atomic E-state index is 0.0140. The van der Waals surface area contributed by atoms with Crippen LogP contribution in [0.25, 0.3) is 6.08 Å². The second-order valence-electron chi connectivity index (χ2n) is 7.32. The summed E-state index contributed by atoms with van der Waals surface area (Å²) < 4.78 is 18.9. The zero-order valence-corrected chi connectivity index (χ0v) is 17.7. The number of halogens is 1. The average Bonchev–Trinajstić information content (AvgIpc) is 2.74. The Morgan fingerprint density at radius 1 is 1.13 bits per heavy atom. The van der Waals surface area contributed by atoms with Crippen LogP contribution in [-0.2, 0) is 11.2 Å². The molecule has 0 aliphatic heterocycles. The maximum absolute atomic E-state index is 13.5. The van der Waals surface area contributed by atoms with Crippen molar-refractivity contribution in [1.29, 1.82) is 5.26 Å². The summed E-state index contributed by atoms with van der Waals surface area (Å²) in [6.07, 6.45) is 2.02. The minimum Gasteiger partial charge on any atom is -0.496 e. The molecular formula is C26H23FN2O2. The summed E-state index contributed by atoms with van der Waals surface area (Å²) in [5, 5.41) is 12.3. The van der Waals surface area contributed by atoms with Crippen molar-refractivity contribution < 1.29 is 13.9 Å². The fourth-order valence-corrected chi connectivity index (χ4v) is 3.32. The molecule has 156 valence electrons. The van der Waals surface area contributed by atoms with E-state index in [1.807, 2.05) is 50.2 Å². The molecule has 3 rings (SSSR count). The number of amides is 1. The standard InChI is InChI=1S/C26H23FN2O2/c1-17-7-10-24(18(2)11-17)29-26(30)22(16-28)13-20-8-9-21(25(15-20)31-3)12-19-5-4-6-23(27)14-19/h4-11,13-15H,12H2,1-3H3,(H,29,30)/b22-13+. The number of hydrogen-bond acceptors (Lipinski definition) is 3. The molecule has 0 unspecified atom stereocenters. The van der Waals surface area contributed by atoms with Gasteiger partial charge in [0.2, 0.25) is 0 Å². The van der Waals surface area contributed by atoms with Gasteiger partial charge in [0.05, 0.1) is 7.11 Å². The Bertz CT molecular complexity index is 1190. The van der Waals surface area contributed by atoms with Gasteiger partial charge in [0.15, 0.2) is 0 Å². The first-order valence-corrected chi connectivity index (χ1v) is 9.81. The molecular weight excluding hydrogens is 391 g/mol. The van der Waals surface area contributed by atoms with Gasteiger partial charge in [-0.05, 0) is 66.4 Å². The van der Waals surface area contributed by atoms with Crippen LogP contribution in [-0.4, -0.2) is 13.0 Å². The van der Waals surface area contributed by atoms with E-state index in [4.69, 9.17) is 4.74 Å². The van der Waals surface area contributed by atoms with Crippen LogP contribution in [0.1, 0.15) is 27.8 Å². The first-order chi connectivity index (χ1) is 14.9. The third-order valence-corrected chi connectivity index (χ3v) is 4.90. The van der Waals surface area contributed by atoms with Crippen molar-refractivity contribution in [3.8, 4) is 11.8 Å². The molecule has 1 amide bonds. The van der Waals surface area contributed by atoms with E-state index in [9.17, 15) is 14.4 Å². The zero-order valence-electron chi connectivity index (χ0n) is 17.7. The van der Waals surface area contributed by atoms with Gasteiger partial charge in [0.1, 0.15) is 23.2 Å². The summed E-state index contributed by atoms with van der Waals surface area (Å²) in [5.41, 5.74) is 5.04. The molecule has 0 atom stereocenters. The Balaban J connectivity index is 1.83. The second kappa shape index (κ2) is 9.73. The number of benzene rings is 3. The lowest BCUT2D eigenvalue weighted by Gasteiger charge is -2.11. The highest BCUT2D eigenvalue weighted by Gasteiger charge is 2.12. The van der Waals surface area contributed by atoms with Crippen molar-refractivity contribution in [2.24, 2.45) is 0 Å². The van der Waals surface area contributed by atoms with E-state index in [0.29, 0.717) is 23.4 Å². The minimum atomic E-state index is -0.475. The van der Waals surface area contributed by atoms with Crippen LogP contribution in [0.4, 0.5) is 10.1 Å². The summed E-state index contributed by atoms with van der Waals surface area (Å²) in [5.74, 6) is -0.160. The normalized spacial score (nSPS) is 11.0. The van der Waals surface area contributed by atoms with Crippen molar-refractivity contribution >= 4 is 17.7 Å². The first-order valence-electron chi connectivity index (χ1n) is 9.81. The monoisotopic (exact) mass is 414 g/mol. The highest BCUT2D eigenvalue weighted by molar-refractivity contribution is 6.10. The van der Waals surface area contributed by atoms with E-state index < -0.39 is 5.91 Å². The summed E-state index contributed by atoms with van der Waals surface area (Å²) in [6, 6.07) is 19.5. The number of ether oxygens (including phenoxy) is 1. The van der Waals surface area contributed by atoms with Crippen LogP contribution < -0.4 is 10.1 Å². The number of carbonyl (C=O) groups is 1. The number of aryl methyl sites for hydroxylation is 2. The number of nitrogens with zero attached hydrogens (tertiary/aromatic N) is 1. The van der Waals surface area contributed by atoms with E-state index in [1.54, 1.807) is 25.3 Å². The molecule has 4 nitrogen and oxygen atoms in total. The third-order valence-electron chi connectivity index (χ3n) is 4.90. The van der Waals surface area contributed by atoms with Gasteiger partial charge in [0.25, 0.3) is 5.91 Å². The van der Waals surface area contributed by atoms with Crippen LogP contribution in [0.5, 0.6) is 5.75 Å². The van der Waals surface area contributed by atoms with Crippen LogP contribution in [0, 0.1) is 31.0 Å². The molecule has 0 heterocycles. The lowest BCUT2D eigenvalue weighted by atomic mass is 10.0. The lowest BCUT2D eigenvalue weighted by molar-refractivity contribution is -0.112. The Hall–Kier alpha value is -3.91. The Kier molecular flexibility index (Phi) is 6.84. The first kappa shape index (κ1) is 21.8. The molecule has 0 radical (unpaired) electrons.